The number of amides is 5. The summed E-state index contributed by atoms with van der Waals surface area (Å²) >= 11 is 0. The number of para-hydroxylation sites is 2. The number of fused-ring (bicyclic) bond motifs is 2. The minimum Gasteiger partial charge on any atom is -0.339 e. The van der Waals surface area contributed by atoms with Gasteiger partial charge in [-0.15, -0.1) is 5.06 Å². The molecule has 0 radical (unpaired) electrons. The van der Waals surface area contributed by atoms with Crippen LogP contribution in [0.1, 0.15) is 36.8 Å². The van der Waals surface area contributed by atoms with Gasteiger partial charge in [0, 0.05) is 45.4 Å². The first-order valence-corrected chi connectivity index (χ1v) is 12.2. The highest BCUT2D eigenvalue weighted by Gasteiger charge is 2.34. The number of hydroxylamine groups is 2. The van der Waals surface area contributed by atoms with Crippen LogP contribution in [0, 0.1) is 0 Å². The largest absolute Gasteiger partial charge is 0.339 e. The molecule has 37 heavy (non-hydrogen) atoms. The first-order valence-electron chi connectivity index (χ1n) is 12.2. The Labute approximate surface area is 213 Å². The minimum absolute atomic E-state index is 0.0130. The zero-order chi connectivity index (χ0) is 25.9. The van der Waals surface area contributed by atoms with Crippen LogP contribution in [-0.2, 0) is 24.0 Å². The first-order chi connectivity index (χ1) is 17.9. The SMILES string of the molecule is O=C(CCC(=O)N1CCN(C(=O)N2c3ccccc3C=Cc3ccccc32)CC1)ON1C(=O)CCC1=O. The second-order valence-electron chi connectivity index (χ2n) is 8.98. The molecular formula is C27H26N4O6. The molecule has 0 spiro atoms. The first kappa shape index (κ1) is 24.2. The molecule has 0 aliphatic carbocycles. The van der Waals surface area contributed by atoms with Crippen LogP contribution in [0.5, 0.6) is 0 Å². The third-order valence-electron chi connectivity index (χ3n) is 6.63. The summed E-state index contributed by atoms with van der Waals surface area (Å²) in [5, 5.41) is 0.478. The number of urea groups is 1. The summed E-state index contributed by atoms with van der Waals surface area (Å²) in [5.41, 5.74) is 3.46. The van der Waals surface area contributed by atoms with Gasteiger partial charge in [-0.05, 0) is 23.3 Å². The van der Waals surface area contributed by atoms with Gasteiger partial charge >= 0.3 is 12.0 Å². The third-order valence-corrected chi connectivity index (χ3v) is 6.63. The number of anilines is 2. The van der Waals surface area contributed by atoms with Crippen LogP contribution in [0.15, 0.2) is 48.5 Å². The van der Waals surface area contributed by atoms with Gasteiger partial charge in [0.1, 0.15) is 0 Å². The van der Waals surface area contributed by atoms with Gasteiger partial charge in [0.15, 0.2) is 0 Å². The van der Waals surface area contributed by atoms with Crippen LogP contribution < -0.4 is 4.90 Å². The van der Waals surface area contributed by atoms with Crippen molar-refractivity contribution in [1.29, 1.82) is 0 Å². The third kappa shape index (κ3) is 4.95. The minimum atomic E-state index is -0.808. The predicted octanol–water partition coefficient (Wildman–Crippen LogP) is 2.96. The number of rotatable bonds is 4. The fraction of sp³-hybridized carbons (Fsp3) is 0.296. The quantitative estimate of drug-likeness (QED) is 0.595. The Kier molecular flexibility index (Phi) is 6.72. The standard InChI is InChI=1S/C27H26N4O6/c32-23(13-14-26(35)37-31-24(33)11-12-25(31)34)28-15-17-29(18-16-28)27(36)30-21-7-3-1-5-19(21)9-10-20-6-2-4-8-22(20)30/h1-10H,11-18H2. The van der Waals surface area contributed by atoms with Crippen molar-refractivity contribution in [3.8, 4) is 0 Å². The lowest BCUT2D eigenvalue weighted by atomic mass is 10.1. The Morgan fingerprint density at radius 1 is 0.703 bits per heavy atom. The Hall–Kier alpha value is -4.47. The maximum Gasteiger partial charge on any atom is 0.333 e. The monoisotopic (exact) mass is 502 g/mol. The number of hydrogen-bond acceptors (Lipinski definition) is 6. The molecular weight excluding hydrogens is 476 g/mol. The molecule has 10 heteroatoms. The van der Waals surface area contributed by atoms with Crippen molar-refractivity contribution in [2.24, 2.45) is 0 Å². The lowest BCUT2D eigenvalue weighted by Gasteiger charge is -2.38. The molecule has 0 saturated carbocycles. The summed E-state index contributed by atoms with van der Waals surface area (Å²) in [4.78, 5) is 71.4. The van der Waals surface area contributed by atoms with E-state index >= 15 is 0 Å². The van der Waals surface area contributed by atoms with Crippen LogP contribution in [-0.4, -0.2) is 70.8 Å². The van der Waals surface area contributed by atoms with E-state index in [1.807, 2.05) is 60.7 Å². The van der Waals surface area contributed by atoms with Crippen LogP contribution in [0.4, 0.5) is 16.2 Å². The highest BCUT2D eigenvalue weighted by Crippen LogP contribution is 2.37. The summed E-state index contributed by atoms with van der Waals surface area (Å²) in [6, 6.07) is 15.3. The fourth-order valence-electron chi connectivity index (χ4n) is 4.64. The molecule has 2 aromatic carbocycles. The van der Waals surface area contributed by atoms with E-state index in [-0.39, 0.29) is 37.6 Å². The maximum absolute atomic E-state index is 13.7. The number of benzene rings is 2. The number of nitrogens with zero attached hydrogens (tertiary/aromatic N) is 4. The van der Waals surface area contributed by atoms with E-state index in [9.17, 15) is 24.0 Å². The lowest BCUT2D eigenvalue weighted by Crippen LogP contribution is -2.53. The van der Waals surface area contributed by atoms with Crippen LogP contribution in [0.2, 0.25) is 0 Å². The van der Waals surface area contributed by atoms with Crippen molar-refractivity contribution >= 4 is 53.2 Å². The molecule has 0 N–H and O–H groups in total. The number of piperazine rings is 1. The molecule has 0 atom stereocenters. The molecule has 190 valence electrons. The highest BCUT2D eigenvalue weighted by atomic mass is 16.7. The smallest absolute Gasteiger partial charge is 0.333 e. The Morgan fingerprint density at radius 3 is 1.78 bits per heavy atom. The zero-order valence-electron chi connectivity index (χ0n) is 20.2. The molecule has 3 aliphatic rings. The second-order valence-corrected chi connectivity index (χ2v) is 8.98. The van der Waals surface area contributed by atoms with Gasteiger partial charge in [-0.2, -0.15) is 0 Å². The van der Waals surface area contributed by atoms with E-state index in [0.29, 0.717) is 31.2 Å². The van der Waals surface area contributed by atoms with Gasteiger partial charge in [-0.3, -0.25) is 19.3 Å². The number of imide groups is 1. The zero-order valence-corrected chi connectivity index (χ0v) is 20.2. The Balaban J connectivity index is 1.19. The van der Waals surface area contributed by atoms with E-state index in [4.69, 9.17) is 4.84 Å². The van der Waals surface area contributed by atoms with Gasteiger partial charge in [-0.25, -0.2) is 9.59 Å². The number of carbonyl (C=O) groups excluding carboxylic acids is 5. The summed E-state index contributed by atoms with van der Waals surface area (Å²) in [6.45, 7) is 1.36. The van der Waals surface area contributed by atoms with E-state index in [1.54, 1.807) is 14.7 Å². The van der Waals surface area contributed by atoms with Gasteiger partial charge in [-0.1, -0.05) is 48.6 Å². The Bertz CT molecular complexity index is 1230. The van der Waals surface area contributed by atoms with Crippen molar-refractivity contribution in [2.75, 3.05) is 31.1 Å². The lowest BCUT2D eigenvalue weighted by molar-refractivity contribution is -0.197. The van der Waals surface area contributed by atoms with Crippen molar-refractivity contribution < 1.29 is 28.8 Å². The fourth-order valence-corrected chi connectivity index (χ4v) is 4.64. The van der Waals surface area contributed by atoms with Crippen LogP contribution in [0.3, 0.4) is 0 Å². The van der Waals surface area contributed by atoms with Gasteiger partial charge in [0.2, 0.25) is 5.91 Å². The van der Waals surface area contributed by atoms with Crippen LogP contribution >= 0.6 is 0 Å². The maximum atomic E-state index is 13.7. The van der Waals surface area contributed by atoms with Gasteiger partial charge < -0.3 is 14.6 Å². The van der Waals surface area contributed by atoms with Gasteiger partial charge in [0.05, 0.1) is 17.8 Å². The molecule has 2 fully saturated rings. The van der Waals surface area contributed by atoms with E-state index in [2.05, 4.69) is 0 Å². The molecule has 2 saturated heterocycles. The van der Waals surface area contributed by atoms with Crippen molar-refractivity contribution in [1.82, 2.24) is 14.9 Å². The highest BCUT2D eigenvalue weighted by molar-refractivity contribution is 6.05. The topological polar surface area (TPSA) is 108 Å². The van der Waals surface area contributed by atoms with Gasteiger partial charge in [0.25, 0.3) is 11.8 Å². The summed E-state index contributed by atoms with van der Waals surface area (Å²) in [7, 11) is 0. The molecule has 10 nitrogen and oxygen atoms in total. The number of hydrogen-bond donors (Lipinski definition) is 0. The molecule has 5 rings (SSSR count). The molecule has 2 aromatic rings. The van der Waals surface area contributed by atoms with Crippen molar-refractivity contribution in [2.45, 2.75) is 25.7 Å². The molecule has 3 heterocycles. The Morgan fingerprint density at radius 2 is 1.22 bits per heavy atom. The molecule has 0 bridgehead atoms. The van der Waals surface area contributed by atoms with E-state index in [0.717, 1.165) is 22.5 Å². The molecule has 5 amide bonds. The predicted molar refractivity (Wildman–Crippen MR) is 134 cm³/mol. The van der Waals surface area contributed by atoms with Crippen molar-refractivity contribution in [3.05, 3.63) is 59.7 Å². The summed E-state index contributed by atoms with van der Waals surface area (Å²) in [5.74, 6) is -2.18. The average molecular weight is 503 g/mol. The molecule has 0 aromatic heterocycles. The normalized spacial score (nSPS) is 16.9. The van der Waals surface area contributed by atoms with E-state index in [1.165, 1.54) is 0 Å². The molecule has 0 unspecified atom stereocenters. The number of carbonyl (C=O) groups is 5. The van der Waals surface area contributed by atoms with E-state index < -0.39 is 17.8 Å². The summed E-state index contributed by atoms with van der Waals surface area (Å²) < 4.78 is 0. The molecule has 3 aliphatic heterocycles. The average Bonchev–Trinajstić information content (AvgIpc) is 3.14. The summed E-state index contributed by atoms with van der Waals surface area (Å²) in [6.07, 6.45) is 3.67. The van der Waals surface area contributed by atoms with Crippen molar-refractivity contribution in [3.63, 3.8) is 0 Å². The van der Waals surface area contributed by atoms with Crippen LogP contribution in [0.25, 0.3) is 12.2 Å². The second kappa shape index (κ2) is 10.3.